The van der Waals surface area contributed by atoms with Crippen LogP contribution in [0.1, 0.15) is 18.6 Å². The molecule has 1 fully saturated rings. The molecule has 1 heterocycles. The zero-order chi connectivity index (χ0) is 14.7. The largest absolute Gasteiger partial charge is 0.389 e. The monoisotopic (exact) mass is 277 g/mol. The van der Waals surface area contributed by atoms with E-state index in [1.54, 1.807) is 24.0 Å². The summed E-state index contributed by atoms with van der Waals surface area (Å²) < 4.78 is 5.23. The number of morpholine rings is 1. The van der Waals surface area contributed by atoms with E-state index in [2.05, 4.69) is 0 Å². The average molecular weight is 277 g/mol. The smallest absolute Gasteiger partial charge is 0.292 e. The molecule has 7 heteroatoms. The van der Waals surface area contributed by atoms with Crippen molar-refractivity contribution >= 4 is 11.4 Å². The van der Waals surface area contributed by atoms with Gasteiger partial charge in [0, 0.05) is 12.6 Å². The van der Waals surface area contributed by atoms with E-state index < -0.39 is 17.1 Å². The molecule has 0 amide bonds. The molecule has 1 aromatic carbocycles. The topological polar surface area (TPSA) is 99.6 Å². The molecule has 1 N–H and O–H groups in total. The molecule has 1 aliphatic rings. The lowest BCUT2D eigenvalue weighted by atomic mass is 10.1. The van der Waals surface area contributed by atoms with E-state index in [1.165, 1.54) is 6.07 Å². The molecule has 1 aliphatic heterocycles. The summed E-state index contributed by atoms with van der Waals surface area (Å²) in [7, 11) is 0. The number of hydrogen-bond donors (Lipinski definition) is 1. The summed E-state index contributed by atoms with van der Waals surface area (Å²) in [5, 5.41) is 29.6. The number of nitro benzene ring substituents is 1. The van der Waals surface area contributed by atoms with Crippen LogP contribution < -0.4 is 4.90 Å². The van der Waals surface area contributed by atoms with E-state index in [4.69, 9.17) is 10.00 Å². The fraction of sp³-hybridized carbons (Fsp3) is 0.462. The molecule has 1 aromatic rings. The van der Waals surface area contributed by atoms with Gasteiger partial charge in [-0.05, 0) is 18.6 Å². The molecule has 0 radical (unpaired) electrons. The van der Waals surface area contributed by atoms with Crippen molar-refractivity contribution in [1.29, 1.82) is 5.26 Å². The number of anilines is 1. The summed E-state index contributed by atoms with van der Waals surface area (Å²) in [5.41, 5.74) is 0.871. The van der Waals surface area contributed by atoms with Crippen molar-refractivity contribution in [1.82, 2.24) is 0 Å². The van der Waals surface area contributed by atoms with Crippen LogP contribution in [0.3, 0.4) is 0 Å². The summed E-state index contributed by atoms with van der Waals surface area (Å²) in [6.45, 7) is 2.70. The summed E-state index contributed by atoms with van der Waals surface area (Å²) >= 11 is 0. The maximum Gasteiger partial charge on any atom is 0.292 e. The maximum atomic E-state index is 11.2. The number of hydrogen-bond acceptors (Lipinski definition) is 6. The second-order valence-electron chi connectivity index (χ2n) is 4.62. The van der Waals surface area contributed by atoms with Gasteiger partial charge in [0.05, 0.1) is 30.2 Å². The zero-order valence-electron chi connectivity index (χ0n) is 11.0. The van der Waals surface area contributed by atoms with E-state index in [0.29, 0.717) is 30.9 Å². The van der Waals surface area contributed by atoms with Crippen LogP contribution >= 0.6 is 0 Å². The van der Waals surface area contributed by atoms with Crippen molar-refractivity contribution in [2.24, 2.45) is 0 Å². The highest BCUT2D eigenvalue weighted by atomic mass is 16.6. The first-order valence-electron chi connectivity index (χ1n) is 6.25. The van der Waals surface area contributed by atoms with Crippen molar-refractivity contribution in [3.05, 3.63) is 33.9 Å². The van der Waals surface area contributed by atoms with Crippen LogP contribution in [-0.4, -0.2) is 35.8 Å². The van der Waals surface area contributed by atoms with E-state index in [1.807, 2.05) is 6.07 Å². The minimum absolute atomic E-state index is 0.0676. The molecule has 7 nitrogen and oxygen atoms in total. The Bertz CT molecular complexity index is 553. The van der Waals surface area contributed by atoms with Gasteiger partial charge in [-0.25, -0.2) is 0 Å². The van der Waals surface area contributed by atoms with Gasteiger partial charge < -0.3 is 14.7 Å². The molecule has 0 aromatic heterocycles. The third-order valence-corrected chi connectivity index (χ3v) is 3.23. The molecule has 0 saturated carbocycles. The molecule has 1 saturated heterocycles. The fourth-order valence-corrected chi connectivity index (χ4v) is 2.16. The maximum absolute atomic E-state index is 11.2. The molecule has 106 valence electrons. The zero-order valence-corrected chi connectivity index (χ0v) is 11.0. The number of aliphatic hydroxyl groups excluding tert-OH is 1. The molecule has 1 unspecified atom stereocenters. The van der Waals surface area contributed by atoms with Crippen molar-refractivity contribution in [2.75, 3.05) is 24.6 Å². The number of nitro groups is 1. The number of nitriles is 1. The normalized spacial score (nSPS) is 20.2. The van der Waals surface area contributed by atoms with Gasteiger partial charge in [-0.15, -0.1) is 0 Å². The predicted octanol–water partition coefficient (Wildman–Crippen LogP) is 1.38. The molecule has 2 atom stereocenters. The van der Waals surface area contributed by atoms with Gasteiger partial charge >= 0.3 is 0 Å². The fourth-order valence-electron chi connectivity index (χ4n) is 2.16. The summed E-state index contributed by atoms with van der Waals surface area (Å²) in [4.78, 5) is 12.5. The van der Waals surface area contributed by atoms with Crippen molar-refractivity contribution < 1.29 is 14.8 Å². The quantitative estimate of drug-likeness (QED) is 0.661. The Balaban J connectivity index is 2.35. The van der Waals surface area contributed by atoms with Crippen LogP contribution in [-0.2, 0) is 4.74 Å². The molecule has 0 aliphatic carbocycles. The van der Waals surface area contributed by atoms with Crippen LogP contribution in [0, 0.1) is 21.4 Å². The predicted molar refractivity (Wildman–Crippen MR) is 71.3 cm³/mol. The molecular formula is C13H15N3O4. The molecule has 2 rings (SSSR count). The Morgan fingerprint density at radius 2 is 2.40 bits per heavy atom. The van der Waals surface area contributed by atoms with Crippen LogP contribution in [0.5, 0.6) is 0 Å². The highest BCUT2D eigenvalue weighted by Gasteiger charge is 2.26. The lowest BCUT2D eigenvalue weighted by Crippen LogP contribution is -2.42. The van der Waals surface area contributed by atoms with Crippen LogP contribution in [0.2, 0.25) is 0 Å². The standard InChI is InChI=1S/C13H15N3O4/c1-9(17)10-2-3-12(13(6-10)16(18)19)15-4-5-20-11(7-14)8-15/h2-3,6,9,11,17H,4-5,8H2,1H3/t9-,11?/m0/s1. The second-order valence-corrected chi connectivity index (χ2v) is 4.62. The Morgan fingerprint density at radius 1 is 1.65 bits per heavy atom. The van der Waals surface area contributed by atoms with Gasteiger partial charge in [-0.3, -0.25) is 10.1 Å². The van der Waals surface area contributed by atoms with E-state index in [9.17, 15) is 15.2 Å². The third kappa shape index (κ3) is 2.87. The number of ether oxygens (including phenoxy) is 1. The van der Waals surface area contributed by atoms with Crippen LogP contribution in [0.4, 0.5) is 11.4 Å². The molecule has 0 bridgehead atoms. The number of nitrogens with zero attached hydrogens (tertiary/aromatic N) is 3. The van der Waals surface area contributed by atoms with Gasteiger partial charge in [0.1, 0.15) is 5.69 Å². The Morgan fingerprint density at radius 3 is 3.00 bits per heavy atom. The first kappa shape index (κ1) is 14.2. The minimum Gasteiger partial charge on any atom is -0.389 e. The third-order valence-electron chi connectivity index (χ3n) is 3.23. The SMILES string of the molecule is C[C@H](O)c1ccc(N2CCOC(C#N)C2)c([N+](=O)[O-])c1. The number of benzene rings is 1. The van der Waals surface area contributed by atoms with Crippen molar-refractivity contribution in [2.45, 2.75) is 19.1 Å². The van der Waals surface area contributed by atoms with Gasteiger partial charge in [-0.1, -0.05) is 6.07 Å². The Labute approximate surface area is 116 Å². The second kappa shape index (κ2) is 5.86. The first-order chi connectivity index (χ1) is 9.52. The van der Waals surface area contributed by atoms with Crippen molar-refractivity contribution in [3.8, 4) is 6.07 Å². The van der Waals surface area contributed by atoms with Crippen LogP contribution in [0.25, 0.3) is 0 Å². The summed E-state index contributed by atoms with van der Waals surface area (Å²) in [5.74, 6) is 0. The van der Waals surface area contributed by atoms with Crippen LogP contribution in [0.15, 0.2) is 18.2 Å². The molecule has 20 heavy (non-hydrogen) atoms. The van der Waals surface area contributed by atoms with E-state index in [-0.39, 0.29) is 5.69 Å². The van der Waals surface area contributed by atoms with E-state index in [0.717, 1.165) is 0 Å². The molecule has 0 spiro atoms. The highest BCUT2D eigenvalue weighted by Crippen LogP contribution is 2.32. The molecular weight excluding hydrogens is 262 g/mol. The average Bonchev–Trinajstić information content (AvgIpc) is 2.46. The van der Waals surface area contributed by atoms with Crippen molar-refractivity contribution in [3.63, 3.8) is 0 Å². The minimum atomic E-state index is -0.765. The van der Waals surface area contributed by atoms with E-state index >= 15 is 0 Å². The van der Waals surface area contributed by atoms with Gasteiger partial charge in [-0.2, -0.15) is 5.26 Å². The highest BCUT2D eigenvalue weighted by molar-refractivity contribution is 5.65. The van der Waals surface area contributed by atoms with Gasteiger partial charge in [0.15, 0.2) is 6.10 Å². The lowest BCUT2D eigenvalue weighted by molar-refractivity contribution is -0.384. The number of rotatable bonds is 3. The summed E-state index contributed by atoms with van der Waals surface area (Å²) in [6.07, 6.45) is -1.35. The lowest BCUT2D eigenvalue weighted by Gasteiger charge is -2.31. The summed E-state index contributed by atoms with van der Waals surface area (Å²) in [6, 6.07) is 6.65. The first-order valence-corrected chi connectivity index (χ1v) is 6.25. The van der Waals surface area contributed by atoms with Gasteiger partial charge in [0.25, 0.3) is 5.69 Å². The number of aliphatic hydroxyl groups is 1. The Hall–Kier alpha value is -2.17. The Kier molecular flexibility index (Phi) is 4.17. The van der Waals surface area contributed by atoms with Gasteiger partial charge in [0.2, 0.25) is 0 Å².